The van der Waals surface area contributed by atoms with Crippen LogP contribution in [0.4, 0.5) is 5.95 Å². The first-order valence-electron chi connectivity index (χ1n) is 3.29. The molecule has 1 aliphatic rings. The Kier molecular flexibility index (Phi) is 1.14. The van der Waals surface area contributed by atoms with E-state index in [1.54, 1.807) is 6.20 Å². The fourth-order valence-electron chi connectivity index (χ4n) is 1.12. The van der Waals surface area contributed by atoms with Crippen LogP contribution in [-0.4, -0.2) is 27.3 Å². The monoisotopic (exact) mass is 139 g/mol. The van der Waals surface area contributed by atoms with Crippen molar-refractivity contribution in [3.63, 3.8) is 0 Å². The molecule has 1 atom stereocenters. The summed E-state index contributed by atoms with van der Waals surface area (Å²) in [6.07, 6.45) is 3.30. The van der Waals surface area contributed by atoms with E-state index >= 15 is 0 Å². The number of nitrogens with zero attached hydrogens (tertiary/aromatic N) is 2. The molecule has 0 saturated heterocycles. The summed E-state index contributed by atoms with van der Waals surface area (Å²) in [4.78, 5) is 4.03. The van der Waals surface area contributed by atoms with Crippen LogP contribution < -0.4 is 5.32 Å². The maximum absolute atomic E-state index is 9.16. The van der Waals surface area contributed by atoms with Crippen LogP contribution in [0.1, 0.15) is 0 Å². The highest BCUT2D eigenvalue weighted by Crippen LogP contribution is 2.09. The summed E-state index contributed by atoms with van der Waals surface area (Å²) >= 11 is 0. The lowest BCUT2D eigenvalue weighted by molar-refractivity contribution is 0.160. The van der Waals surface area contributed by atoms with Gasteiger partial charge >= 0.3 is 0 Å². The predicted molar refractivity (Wildman–Crippen MR) is 36.7 cm³/mol. The van der Waals surface area contributed by atoms with Crippen molar-refractivity contribution in [1.29, 1.82) is 0 Å². The zero-order valence-corrected chi connectivity index (χ0v) is 5.49. The molecule has 0 spiro atoms. The van der Waals surface area contributed by atoms with Gasteiger partial charge in [0, 0.05) is 18.9 Å². The van der Waals surface area contributed by atoms with E-state index in [0.29, 0.717) is 13.1 Å². The first-order chi connectivity index (χ1) is 4.86. The van der Waals surface area contributed by atoms with Crippen molar-refractivity contribution in [3.8, 4) is 0 Å². The van der Waals surface area contributed by atoms with Crippen LogP contribution in [-0.2, 0) is 6.54 Å². The summed E-state index contributed by atoms with van der Waals surface area (Å²) < 4.78 is 1.90. The Bertz CT molecular complexity index is 233. The van der Waals surface area contributed by atoms with E-state index in [0.717, 1.165) is 5.95 Å². The molecule has 54 valence electrons. The van der Waals surface area contributed by atoms with Gasteiger partial charge in [0.15, 0.2) is 0 Å². The molecule has 10 heavy (non-hydrogen) atoms. The number of nitrogens with one attached hydrogen (secondary N) is 1. The van der Waals surface area contributed by atoms with Gasteiger partial charge in [-0.3, -0.25) is 0 Å². The van der Waals surface area contributed by atoms with Crippen molar-refractivity contribution in [2.75, 3.05) is 11.9 Å². The van der Waals surface area contributed by atoms with Crippen molar-refractivity contribution < 1.29 is 5.11 Å². The highest BCUT2D eigenvalue weighted by atomic mass is 16.3. The predicted octanol–water partition coefficient (Wildman–Crippen LogP) is -0.331. The molecule has 0 bridgehead atoms. The lowest BCUT2D eigenvalue weighted by Crippen LogP contribution is -2.31. The zero-order valence-electron chi connectivity index (χ0n) is 5.49. The summed E-state index contributed by atoms with van der Waals surface area (Å²) in [6.45, 7) is 1.26. The highest BCUT2D eigenvalue weighted by molar-refractivity contribution is 5.28. The summed E-state index contributed by atoms with van der Waals surface area (Å²) in [5, 5.41) is 12.2. The molecule has 1 unspecified atom stereocenters. The fourth-order valence-corrected chi connectivity index (χ4v) is 1.12. The largest absolute Gasteiger partial charge is 0.389 e. The molecule has 0 aliphatic carbocycles. The van der Waals surface area contributed by atoms with E-state index in [1.807, 2.05) is 10.8 Å². The molecule has 0 fully saturated rings. The average Bonchev–Trinajstić information content (AvgIpc) is 2.33. The van der Waals surface area contributed by atoms with E-state index in [9.17, 15) is 0 Å². The van der Waals surface area contributed by atoms with E-state index in [1.165, 1.54) is 0 Å². The standard InChI is InChI=1S/C6H9N3O/c10-5-3-8-6-7-1-2-9(6)4-5/h1-2,5,10H,3-4H2,(H,7,8). The van der Waals surface area contributed by atoms with Gasteiger partial charge in [0.1, 0.15) is 0 Å². The van der Waals surface area contributed by atoms with E-state index in [-0.39, 0.29) is 6.10 Å². The summed E-state index contributed by atoms with van der Waals surface area (Å²) in [7, 11) is 0. The Balaban J connectivity index is 2.30. The van der Waals surface area contributed by atoms with Gasteiger partial charge in [-0.05, 0) is 0 Å². The van der Waals surface area contributed by atoms with Gasteiger partial charge in [-0.25, -0.2) is 4.98 Å². The first-order valence-corrected chi connectivity index (χ1v) is 3.29. The number of β-amino-alcohol motifs (C(OH)–C–C–N with tert-alkyl or cyclic N) is 1. The van der Waals surface area contributed by atoms with Gasteiger partial charge in [-0.2, -0.15) is 0 Å². The molecule has 2 rings (SSSR count). The second-order valence-electron chi connectivity index (χ2n) is 2.44. The molecule has 1 aromatic rings. The molecule has 1 aromatic heterocycles. The van der Waals surface area contributed by atoms with Gasteiger partial charge in [0.05, 0.1) is 12.6 Å². The average molecular weight is 139 g/mol. The summed E-state index contributed by atoms with van der Waals surface area (Å²) in [5.41, 5.74) is 0. The van der Waals surface area contributed by atoms with Gasteiger partial charge in [0.25, 0.3) is 0 Å². The second-order valence-corrected chi connectivity index (χ2v) is 2.44. The van der Waals surface area contributed by atoms with Gasteiger partial charge < -0.3 is 15.0 Å². The molecular formula is C6H9N3O. The Hall–Kier alpha value is -1.03. The van der Waals surface area contributed by atoms with Crippen molar-refractivity contribution in [2.24, 2.45) is 0 Å². The molecule has 0 radical (unpaired) electrons. The lowest BCUT2D eigenvalue weighted by Gasteiger charge is -2.20. The van der Waals surface area contributed by atoms with Crippen molar-refractivity contribution in [1.82, 2.24) is 9.55 Å². The fraction of sp³-hybridized carbons (Fsp3) is 0.500. The number of fused-ring (bicyclic) bond motifs is 1. The topological polar surface area (TPSA) is 50.1 Å². The molecule has 2 N–H and O–H groups in total. The van der Waals surface area contributed by atoms with Crippen LogP contribution in [0.3, 0.4) is 0 Å². The number of anilines is 1. The van der Waals surface area contributed by atoms with Crippen LogP contribution in [0.2, 0.25) is 0 Å². The highest BCUT2D eigenvalue weighted by Gasteiger charge is 2.14. The maximum atomic E-state index is 9.16. The van der Waals surface area contributed by atoms with E-state index in [4.69, 9.17) is 5.11 Å². The Labute approximate surface area is 58.5 Å². The molecule has 0 aromatic carbocycles. The molecule has 4 heteroatoms. The number of imidazole rings is 1. The molecular weight excluding hydrogens is 130 g/mol. The molecule has 0 saturated carbocycles. The number of rotatable bonds is 0. The number of hydrogen-bond donors (Lipinski definition) is 2. The molecule has 1 aliphatic heterocycles. The van der Waals surface area contributed by atoms with Crippen LogP contribution in [0.5, 0.6) is 0 Å². The molecule has 0 amide bonds. The normalized spacial score (nSPS) is 23.5. The smallest absolute Gasteiger partial charge is 0.202 e. The van der Waals surface area contributed by atoms with Crippen LogP contribution in [0.25, 0.3) is 0 Å². The van der Waals surface area contributed by atoms with Crippen molar-refractivity contribution in [2.45, 2.75) is 12.6 Å². The number of aromatic nitrogens is 2. The quantitative estimate of drug-likeness (QED) is 0.517. The van der Waals surface area contributed by atoms with Crippen molar-refractivity contribution in [3.05, 3.63) is 12.4 Å². The zero-order chi connectivity index (χ0) is 6.97. The van der Waals surface area contributed by atoms with Crippen LogP contribution in [0.15, 0.2) is 12.4 Å². The maximum Gasteiger partial charge on any atom is 0.202 e. The lowest BCUT2D eigenvalue weighted by atomic mass is 10.3. The van der Waals surface area contributed by atoms with Gasteiger partial charge in [0.2, 0.25) is 5.95 Å². The minimum atomic E-state index is -0.276. The van der Waals surface area contributed by atoms with Crippen LogP contribution >= 0.6 is 0 Å². The number of aliphatic hydroxyl groups is 1. The third-order valence-corrected chi connectivity index (χ3v) is 1.62. The van der Waals surface area contributed by atoms with Crippen molar-refractivity contribution >= 4 is 5.95 Å². The summed E-state index contributed by atoms with van der Waals surface area (Å²) in [5.74, 6) is 0.852. The van der Waals surface area contributed by atoms with E-state index in [2.05, 4.69) is 10.3 Å². The Morgan fingerprint density at radius 3 is 3.60 bits per heavy atom. The number of aliphatic hydroxyl groups excluding tert-OH is 1. The van der Waals surface area contributed by atoms with Gasteiger partial charge in [-0.15, -0.1) is 0 Å². The Morgan fingerprint density at radius 2 is 2.70 bits per heavy atom. The number of hydrogen-bond acceptors (Lipinski definition) is 3. The van der Waals surface area contributed by atoms with E-state index < -0.39 is 0 Å². The second kappa shape index (κ2) is 1.98. The molecule has 2 heterocycles. The third kappa shape index (κ3) is 0.769. The van der Waals surface area contributed by atoms with Crippen LogP contribution in [0, 0.1) is 0 Å². The van der Waals surface area contributed by atoms with Gasteiger partial charge in [-0.1, -0.05) is 0 Å². The first kappa shape index (κ1) is 5.73. The third-order valence-electron chi connectivity index (χ3n) is 1.62. The minimum absolute atomic E-state index is 0.276. The SMILES string of the molecule is OC1CNc2nccn2C1. The minimum Gasteiger partial charge on any atom is -0.389 e. The summed E-state index contributed by atoms with van der Waals surface area (Å²) in [6, 6.07) is 0. The Morgan fingerprint density at radius 1 is 1.80 bits per heavy atom. The molecule has 4 nitrogen and oxygen atoms in total.